The summed E-state index contributed by atoms with van der Waals surface area (Å²) >= 11 is 0. The van der Waals surface area contributed by atoms with Crippen molar-refractivity contribution in [3.8, 4) is 11.5 Å². The van der Waals surface area contributed by atoms with Gasteiger partial charge in [-0.3, -0.25) is 0 Å². The van der Waals surface area contributed by atoms with E-state index in [9.17, 15) is 17.2 Å². The zero-order chi connectivity index (χ0) is 21.2. The van der Waals surface area contributed by atoms with Gasteiger partial charge in [0.15, 0.2) is 17.3 Å². The predicted molar refractivity (Wildman–Crippen MR) is 101 cm³/mol. The van der Waals surface area contributed by atoms with Crippen LogP contribution in [0.4, 0.5) is 8.78 Å². The first-order valence-corrected chi connectivity index (χ1v) is 10.7. The topological polar surface area (TPSA) is 90.7 Å². The molecule has 1 aromatic heterocycles. The molecule has 2 aromatic rings. The molecule has 1 aliphatic rings. The van der Waals surface area contributed by atoms with Gasteiger partial charge in [0.05, 0.1) is 7.11 Å². The second-order valence-corrected chi connectivity index (χ2v) is 8.91. The maximum atomic E-state index is 12.8. The minimum atomic E-state index is -3.81. The molecule has 29 heavy (non-hydrogen) atoms. The summed E-state index contributed by atoms with van der Waals surface area (Å²) in [6.45, 7) is 0.324. The van der Waals surface area contributed by atoms with E-state index in [2.05, 4.69) is 14.6 Å². The van der Waals surface area contributed by atoms with Crippen LogP contribution in [0.2, 0.25) is 0 Å². The van der Waals surface area contributed by atoms with E-state index < -0.39 is 22.0 Å². The van der Waals surface area contributed by atoms with E-state index in [1.807, 2.05) is 0 Å². The first kappa shape index (κ1) is 21.5. The van der Waals surface area contributed by atoms with Gasteiger partial charge in [0.25, 0.3) is 0 Å². The van der Waals surface area contributed by atoms with Gasteiger partial charge < -0.3 is 14.0 Å². The lowest BCUT2D eigenvalue weighted by Gasteiger charge is -2.30. The van der Waals surface area contributed by atoms with E-state index in [-0.39, 0.29) is 28.7 Å². The highest BCUT2D eigenvalue weighted by molar-refractivity contribution is 7.89. The van der Waals surface area contributed by atoms with Crippen LogP contribution in [0.1, 0.15) is 42.7 Å². The number of halogens is 2. The van der Waals surface area contributed by atoms with Gasteiger partial charge in [-0.15, -0.1) is 0 Å². The number of nitrogens with zero attached hydrogens (tertiary/aromatic N) is 1. The summed E-state index contributed by atoms with van der Waals surface area (Å²) < 4.78 is 68.2. The Morgan fingerprint density at radius 1 is 1.24 bits per heavy atom. The fourth-order valence-corrected chi connectivity index (χ4v) is 5.43. The van der Waals surface area contributed by atoms with Crippen molar-refractivity contribution >= 4 is 10.0 Å². The Hall–Kier alpha value is -2.20. The molecule has 1 fully saturated rings. The molecule has 0 saturated heterocycles. The lowest BCUT2D eigenvalue weighted by atomic mass is 9.79. The third-order valence-corrected chi connectivity index (χ3v) is 7.03. The molecule has 160 valence electrons. The first-order valence-electron chi connectivity index (χ1n) is 9.24. The molecular formula is C19H24F2N2O5S. The van der Waals surface area contributed by atoms with Crippen molar-refractivity contribution in [1.29, 1.82) is 0 Å². The van der Waals surface area contributed by atoms with E-state index in [0.29, 0.717) is 5.69 Å². The van der Waals surface area contributed by atoms with Crippen molar-refractivity contribution < 1.29 is 31.2 Å². The Morgan fingerprint density at radius 2 is 1.93 bits per heavy atom. The van der Waals surface area contributed by atoms with Crippen LogP contribution in [0.15, 0.2) is 27.6 Å². The maximum absolute atomic E-state index is 12.8. The summed E-state index contributed by atoms with van der Waals surface area (Å²) in [7, 11) is -2.44. The van der Waals surface area contributed by atoms with Gasteiger partial charge >= 0.3 is 6.61 Å². The largest absolute Gasteiger partial charge is 0.493 e. The average Bonchev–Trinajstić information content (AvgIpc) is 3.27. The highest BCUT2D eigenvalue weighted by atomic mass is 32.2. The normalized spacial score (nSPS) is 16.3. The number of aromatic nitrogens is 1. The van der Waals surface area contributed by atoms with Crippen molar-refractivity contribution in [2.75, 3.05) is 13.7 Å². The Morgan fingerprint density at radius 3 is 2.48 bits per heavy atom. The summed E-state index contributed by atoms with van der Waals surface area (Å²) in [5, 5.41) is 3.71. The number of benzene rings is 1. The van der Waals surface area contributed by atoms with Crippen LogP contribution in [0.5, 0.6) is 11.5 Å². The third-order valence-electron chi connectivity index (χ3n) is 5.39. The van der Waals surface area contributed by atoms with Crippen LogP contribution in [-0.2, 0) is 15.4 Å². The van der Waals surface area contributed by atoms with Crippen LogP contribution in [0, 0.1) is 13.8 Å². The standard InChI is InChI=1S/C19H24F2N2O5S/c1-12-17(13(2)28-23-12)29(24,25)22-11-19(8-4-5-9-19)14-6-7-15(27-18(20)21)16(10-14)26-3/h6-7,10,18,22H,4-5,8-9,11H2,1-3H3. The molecule has 0 atom stereocenters. The van der Waals surface area contributed by atoms with E-state index >= 15 is 0 Å². The van der Waals surface area contributed by atoms with E-state index in [4.69, 9.17) is 9.26 Å². The fourth-order valence-electron chi connectivity index (χ4n) is 3.97. The Labute approximate surface area is 168 Å². The van der Waals surface area contributed by atoms with Crippen molar-refractivity contribution in [1.82, 2.24) is 9.88 Å². The average molecular weight is 430 g/mol. The number of hydrogen-bond acceptors (Lipinski definition) is 6. The van der Waals surface area contributed by atoms with Crippen molar-refractivity contribution in [2.45, 2.75) is 56.5 Å². The van der Waals surface area contributed by atoms with Crippen LogP contribution in [0.25, 0.3) is 0 Å². The summed E-state index contributed by atoms with van der Waals surface area (Å²) in [6.07, 6.45) is 3.39. The molecule has 0 spiro atoms. The minimum absolute atomic E-state index is 0.0453. The SMILES string of the molecule is COc1cc(C2(CNS(=O)(=O)c3c(C)noc3C)CCCC2)ccc1OC(F)F. The number of ether oxygens (including phenoxy) is 2. The van der Waals surface area contributed by atoms with Crippen molar-refractivity contribution in [3.63, 3.8) is 0 Å². The summed E-state index contributed by atoms with van der Waals surface area (Å²) in [6, 6.07) is 4.77. The number of rotatable bonds is 8. The van der Waals surface area contributed by atoms with E-state index in [1.54, 1.807) is 26.0 Å². The van der Waals surface area contributed by atoms with Gasteiger partial charge in [-0.2, -0.15) is 8.78 Å². The number of hydrogen-bond donors (Lipinski definition) is 1. The molecule has 0 unspecified atom stereocenters. The molecule has 1 N–H and O–H groups in total. The first-order chi connectivity index (χ1) is 13.7. The number of methoxy groups -OCH3 is 1. The number of aryl methyl sites for hydroxylation is 2. The van der Waals surface area contributed by atoms with Gasteiger partial charge in [0, 0.05) is 12.0 Å². The van der Waals surface area contributed by atoms with E-state index in [0.717, 1.165) is 31.2 Å². The fraction of sp³-hybridized carbons (Fsp3) is 0.526. The second kappa shape index (κ2) is 8.27. The molecular weight excluding hydrogens is 406 g/mol. The predicted octanol–water partition coefficient (Wildman–Crippen LogP) is 3.69. The minimum Gasteiger partial charge on any atom is -0.493 e. The second-order valence-electron chi connectivity index (χ2n) is 7.21. The van der Waals surface area contributed by atoms with Crippen LogP contribution < -0.4 is 14.2 Å². The number of alkyl halides is 2. The lowest BCUT2D eigenvalue weighted by Crippen LogP contribution is -2.39. The van der Waals surface area contributed by atoms with Crippen LogP contribution >= 0.6 is 0 Å². The molecule has 0 radical (unpaired) electrons. The molecule has 1 saturated carbocycles. The number of nitrogens with one attached hydrogen (secondary N) is 1. The quantitative estimate of drug-likeness (QED) is 0.687. The molecule has 10 heteroatoms. The molecule has 0 aliphatic heterocycles. The Kier molecular flexibility index (Phi) is 6.13. The number of sulfonamides is 1. The molecule has 1 aromatic carbocycles. The van der Waals surface area contributed by atoms with Gasteiger partial charge in [0.1, 0.15) is 10.6 Å². The maximum Gasteiger partial charge on any atom is 0.387 e. The smallest absolute Gasteiger partial charge is 0.387 e. The third kappa shape index (κ3) is 4.37. The molecule has 0 bridgehead atoms. The van der Waals surface area contributed by atoms with Crippen molar-refractivity contribution in [2.24, 2.45) is 0 Å². The van der Waals surface area contributed by atoms with Gasteiger partial charge in [-0.05, 0) is 44.4 Å². The highest BCUT2D eigenvalue weighted by Crippen LogP contribution is 2.43. The summed E-state index contributed by atoms with van der Waals surface area (Å²) in [5.41, 5.74) is 0.642. The van der Waals surface area contributed by atoms with E-state index in [1.165, 1.54) is 13.2 Å². The Balaban J connectivity index is 1.89. The summed E-state index contributed by atoms with van der Waals surface area (Å²) in [5.74, 6) is 0.351. The van der Waals surface area contributed by atoms with Gasteiger partial charge in [0.2, 0.25) is 10.0 Å². The van der Waals surface area contributed by atoms with Crippen LogP contribution in [-0.4, -0.2) is 33.8 Å². The lowest BCUT2D eigenvalue weighted by molar-refractivity contribution is -0.0512. The van der Waals surface area contributed by atoms with Gasteiger partial charge in [-0.1, -0.05) is 24.1 Å². The van der Waals surface area contributed by atoms with Crippen molar-refractivity contribution in [3.05, 3.63) is 35.2 Å². The molecule has 3 rings (SSSR count). The monoisotopic (exact) mass is 430 g/mol. The molecule has 1 heterocycles. The zero-order valence-corrected chi connectivity index (χ0v) is 17.3. The molecule has 7 nitrogen and oxygen atoms in total. The van der Waals surface area contributed by atoms with Gasteiger partial charge in [-0.25, -0.2) is 13.1 Å². The molecule has 0 amide bonds. The van der Waals surface area contributed by atoms with Crippen LogP contribution in [0.3, 0.4) is 0 Å². The Bertz CT molecular complexity index is 949. The molecule has 1 aliphatic carbocycles. The highest BCUT2D eigenvalue weighted by Gasteiger charge is 2.38. The zero-order valence-electron chi connectivity index (χ0n) is 16.5. The summed E-state index contributed by atoms with van der Waals surface area (Å²) in [4.78, 5) is 0.0453.